The molecule has 1 amide bonds. The van der Waals surface area contributed by atoms with Crippen LogP contribution in [-0.4, -0.2) is 45.1 Å². The number of aryl methyl sites for hydroxylation is 2. The minimum absolute atomic E-state index is 0.00694. The van der Waals surface area contributed by atoms with E-state index in [1.807, 2.05) is 0 Å². The van der Waals surface area contributed by atoms with Gasteiger partial charge in [0.15, 0.2) is 5.82 Å². The Morgan fingerprint density at radius 1 is 1.50 bits per heavy atom. The van der Waals surface area contributed by atoms with Crippen LogP contribution in [0.3, 0.4) is 0 Å². The molecule has 1 N–H and O–H groups in total. The van der Waals surface area contributed by atoms with E-state index in [1.54, 1.807) is 11.8 Å². The fraction of sp³-hybridized carbons (Fsp3) is 0.636. The topological polar surface area (TPSA) is 96.5 Å². The quantitative estimate of drug-likeness (QED) is 0.807. The molecule has 7 heteroatoms. The van der Waals surface area contributed by atoms with E-state index >= 15 is 0 Å². The number of aromatic nitrogens is 2. The molecule has 0 unspecified atom stereocenters. The van der Waals surface area contributed by atoms with Crippen LogP contribution < -0.4 is 0 Å². The molecular formula is C11H15N3O4. The summed E-state index contributed by atoms with van der Waals surface area (Å²) in [5, 5.41) is 12.2. The first-order chi connectivity index (χ1) is 8.54. The first-order valence-electron chi connectivity index (χ1n) is 5.83. The number of carbonyl (C=O) groups excluding carboxylic acids is 1. The number of carboxylic acids is 1. The highest BCUT2D eigenvalue weighted by Crippen LogP contribution is 2.20. The van der Waals surface area contributed by atoms with E-state index in [1.165, 1.54) is 0 Å². The monoisotopic (exact) mass is 253 g/mol. The number of rotatable bonds is 5. The molecule has 1 aliphatic heterocycles. The first-order valence-corrected chi connectivity index (χ1v) is 5.83. The molecule has 0 aromatic carbocycles. The summed E-state index contributed by atoms with van der Waals surface area (Å²) in [5.74, 6) is 0.310. The van der Waals surface area contributed by atoms with Gasteiger partial charge in [0.2, 0.25) is 11.8 Å². The summed E-state index contributed by atoms with van der Waals surface area (Å²) in [6.07, 6.45) is 0.883. The Balaban J connectivity index is 1.69. The molecular weight excluding hydrogens is 238 g/mol. The van der Waals surface area contributed by atoms with Gasteiger partial charge in [-0.1, -0.05) is 5.16 Å². The molecule has 18 heavy (non-hydrogen) atoms. The summed E-state index contributed by atoms with van der Waals surface area (Å²) < 4.78 is 4.91. The third kappa shape index (κ3) is 3.06. The van der Waals surface area contributed by atoms with Crippen molar-refractivity contribution in [1.82, 2.24) is 15.0 Å². The third-order valence-electron chi connectivity index (χ3n) is 2.90. The van der Waals surface area contributed by atoms with Crippen LogP contribution in [0.1, 0.15) is 24.6 Å². The summed E-state index contributed by atoms with van der Waals surface area (Å²) in [6.45, 7) is 2.79. The molecule has 0 atom stereocenters. The average Bonchev–Trinajstić information content (AvgIpc) is 2.65. The molecule has 1 aromatic heterocycles. The number of aliphatic carboxylic acids is 1. The number of carbonyl (C=O) groups is 2. The van der Waals surface area contributed by atoms with Crippen molar-refractivity contribution in [2.24, 2.45) is 5.92 Å². The third-order valence-corrected chi connectivity index (χ3v) is 2.90. The summed E-state index contributed by atoms with van der Waals surface area (Å²) >= 11 is 0. The molecule has 1 aliphatic rings. The second-order valence-corrected chi connectivity index (χ2v) is 4.50. The minimum Gasteiger partial charge on any atom is -0.481 e. The fourth-order valence-corrected chi connectivity index (χ4v) is 1.96. The summed E-state index contributed by atoms with van der Waals surface area (Å²) in [4.78, 5) is 27.9. The van der Waals surface area contributed by atoms with Crippen LogP contribution >= 0.6 is 0 Å². The van der Waals surface area contributed by atoms with Crippen molar-refractivity contribution >= 4 is 11.9 Å². The van der Waals surface area contributed by atoms with Crippen LogP contribution in [0.25, 0.3) is 0 Å². The van der Waals surface area contributed by atoms with Crippen LogP contribution in [0.15, 0.2) is 4.52 Å². The SMILES string of the molecule is Cc1noc(CCC(=O)N2CC(CC(=O)O)C2)n1. The molecule has 0 bridgehead atoms. The van der Waals surface area contributed by atoms with E-state index in [4.69, 9.17) is 9.63 Å². The van der Waals surface area contributed by atoms with Crippen molar-refractivity contribution in [3.8, 4) is 0 Å². The molecule has 1 fully saturated rings. The number of likely N-dealkylation sites (tertiary alicyclic amines) is 1. The Morgan fingerprint density at radius 3 is 2.78 bits per heavy atom. The lowest BCUT2D eigenvalue weighted by molar-refractivity contribution is -0.145. The van der Waals surface area contributed by atoms with Crippen molar-refractivity contribution in [3.05, 3.63) is 11.7 Å². The smallest absolute Gasteiger partial charge is 0.303 e. The van der Waals surface area contributed by atoms with E-state index in [-0.39, 0.29) is 18.2 Å². The normalized spacial score (nSPS) is 15.5. The number of amides is 1. The number of hydrogen-bond acceptors (Lipinski definition) is 5. The Kier molecular flexibility index (Phi) is 3.59. The highest BCUT2D eigenvalue weighted by molar-refractivity contribution is 5.77. The summed E-state index contributed by atoms with van der Waals surface area (Å²) in [6, 6.07) is 0. The lowest BCUT2D eigenvalue weighted by atomic mass is 9.96. The van der Waals surface area contributed by atoms with Crippen LogP contribution in [0.5, 0.6) is 0 Å². The van der Waals surface area contributed by atoms with Crippen molar-refractivity contribution in [1.29, 1.82) is 0 Å². The molecule has 0 spiro atoms. The van der Waals surface area contributed by atoms with E-state index in [2.05, 4.69) is 10.1 Å². The van der Waals surface area contributed by atoms with Gasteiger partial charge in [0.1, 0.15) is 0 Å². The first kappa shape index (κ1) is 12.5. The molecule has 1 saturated heterocycles. The van der Waals surface area contributed by atoms with Gasteiger partial charge in [-0.15, -0.1) is 0 Å². The summed E-state index contributed by atoms with van der Waals surface area (Å²) in [5.41, 5.74) is 0. The molecule has 0 saturated carbocycles. The zero-order chi connectivity index (χ0) is 13.1. The second-order valence-electron chi connectivity index (χ2n) is 4.50. The predicted molar refractivity (Wildman–Crippen MR) is 59.7 cm³/mol. The lowest BCUT2D eigenvalue weighted by Crippen LogP contribution is -2.50. The van der Waals surface area contributed by atoms with E-state index in [9.17, 15) is 9.59 Å². The van der Waals surface area contributed by atoms with Gasteiger partial charge >= 0.3 is 5.97 Å². The molecule has 2 heterocycles. The average molecular weight is 253 g/mol. The van der Waals surface area contributed by atoms with Gasteiger partial charge in [0.25, 0.3) is 0 Å². The van der Waals surface area contributed by atoms with Crippen LogP contribution in [0, 0.1) is 12.8 Å². The molecule has 2 rings (SSSR count). The molecule has 0 aliphatic carbocycles. The van der Waals surface area contributed by atoms with Gasteiger partial charge in [0.05, 0.1) is 6.42 Å². The van der Waals surface area contributed by atoms with Gasteiger partial charge in [-0.05, 0) is 6.92 Å². The van der Waals surface area contributed by atoms with E-state index in [0.29, 0.717) is 37.6 Å². The zero-order valence-corrected chi connectivity index (χ0v) is 10.1. The number of hydrogen-bond donors (Lipinski definition) is 1. The second kappa shape index (κ2) is 5.16. The number of nitrogens with zero attached hydrogens (tertiary/aromatic N) is 3. The molecule has 0 radical (unpaired) electrons. The summed E-state index contributed by atoms with van der Waals surface area (Å²) in [7, 11) is 0. The Morgan fingerprint density at radius 2 is 2.22 bits per heavy atom. The van der Waals surface area contributed by atoms with E-state index in [0.717, 1.165) is 0 Å². The standard InChI is InChI=1S/C11H15N3O4/c1-7-12-9(18-13-7)2-3-10(15)14-5-8(6-14)4-11(16)17/h8H,2-6H2,1H3,(H,16,17). The Labute approximate surface area is 104 Å². The lowest BCUT2D eigenvalue weighted by Gasteiger charge is -2.38. The van der Waals surface area contributed by atoms with Crippen molar-refractivity contribution in [3.63, 3.8) is 0 Å². The highest BCUT2D eigenvalue weighted by atomic mass is 16.5. The van der Waals surface area contributed by atoms with Gasteiger partial charge in [-0.2, -0.15) is 4.98 Å². The minimum atomic E-state index is -0.812. The van der Waals surface area contributed by atoms with E-state index < -0.39 is 5.97 Å². The van der Waals surface area contributed by atoms with Crippen LogP contribution in [-0.2, 0) is 16.0 Å². The highest BCUT2D eigenvalue weighted by Gasteiger charge is 2.31. The zero-order valence-electron chi connectivity index (χ0n) is 10.1. The van der Waals surface area contributed by atoms with Crippen molar-refractivity contribution in [2.45, 2.75) is 26.2 Å². The van der Waals surface area contributed by atoms with Gasteiger partial charge in [-0.3, -0.25) is 9.59 Å². The molecule has 1 aromatic rings. The van der Waals surface area contributed by atoms with Crippen molar-refractivity contribution < 1.29 is 19.2 Å². The maximum absolute atomic E-state index is 11.7. The maximum atomic E-state index is 11.7. The fourth-order valence-electron chi connectivity index (χ4n) is 1.96. The molecule has 98 valence electrons. The molecule has 7 nitrogen and oxygen atoms in total. The predicted octanol–water partition coefficient (Wildman–Crippen LogP) is 0.244. The van der Waals surface area contributed by atoms with Gasteiger partial charge in [0, 0.05) is 31.8 Å². The Hall–Kier alpha value is -1.92. The maximum Gasteiger partial charge on any atom is 0.303 e. The van der Waals surface area contributed by atoms with Gasteiger partial charge in [-0.25, -0.2) is 0 Å². The van der Waals surface area contributed by atoms with Crippen LogP contribution in [0.2, 0.25) is 0 Å². The van der Waals surface area contributed by atoms with Gasteiger partial charge < -0.3 is 14.5 Å². The largest absolute Gasteiger partial charge is 0.481 e. The van der Waals surface area contributed by atoms with Crippen molar-refractivity contribution in [2.75, 3.05) is 13.1 Å². The van der Waals surface area contributed by atoms with Crippen LogP contribution in [0.4, 0.5) is 0 Å². The Bertz CT molecular complexity index is 451. The number of carboxylic acid groups (broad SMARTS) is 1.